The number of rotatable bonds is 7. The number of halogens is 3. The Morgan fingerprint density at radius 1 is 1.12 bits per heavy atom. The SMILES string of the molecule is CCc1cccc2c1CN(Cc1ccc(OCC3CCN(S(=O)(=O)C(F)(F)F)CC3)c(=O)[nH]1)C2. The summed E-state index contributed by atoms with van der Waals surface area (Å²) < 4.78 is 67.2. The predicted molar refractivity (Wildman–Crippen MR) is 121 cm³/mol. The van der Waals surface area contributed by atoms with Gasteiger partial charge in [0.2, 0.25) is 0 Å². The molecule has 2 aliphatic heterocycles. The second-order valence-electron chi connectivity index (χ2n) is 8.83. The lowest BCUT2D eigenvalue weighted by Gasteiger charge is -2.31. The van der Waals surface area contributed by atoms with E-state index in [1.165, 1.54) is 16.7 Å². The van der Waals surface area contributed by atoms with Crippen LogP contribution in [0.25, 0.3) is 0 Å². The lowest BCUT2D eigenvalue weighted by atomic mass is 9.99. The van der Waals surface area contributed by atoms with Gasteiger partial charge in [-0.3, -0.25) is 9.69 Å². The van der Waals surface area contributed by atoms with E-state index in [2.05, 4.69) is 35.0 Å². The topological polar surface area (TPSA) is 82.7 Å². The number of benzene rings is 1. The predicted octanol–water partition coefficient (Wildman–Crippen LogP) is 3.39. The Morgan fingerprint density at radius 3 is 2.50 bits per heavy atom. The molecular weight excluding hydrogens is 471 g/mol. The molecule has 2 aromatic rings. The summed E-state index contributed by atoms with van der Waals surface area (Å²) in [4.78, 5) is 17.6. The molecule has 0 saturated carbocycles. The first kappa shape index (κ1) is 24.7. The number of aryl methyl sites for hydroxylation is 1. The fraction of sp³-hybridized carbons (Fsp3) is 0.522. The number of nitrogens with one attached hydrogen (secondary N) is 1. The molecule has 4 rings (SSSR count). The minimum absolute atomic E-state index is 0.130. The summed E-state index contributed by atoms with van der Waals surface area (Å²) in [6.07, 6.45) is 1.46. The molecule has 11 heteroatoms. The summed E-state index contributed by atoms with van der Waals surface area (Å²) in [7, 11) is -5.30. The molecule has 2 aliphatic rings. The maximum atomic E-state index is 12.7. The lowest BCUT2D eigenvalue weighted by Crippen LogP contribution is -2.45. The molecule has 1 aromatic heterocycles. The Bertz CT molecular complexity index is 1190. The zero-order valence-electron chi connectivity index (χ0n) is 18.9. The number of fused-ring (bicyclic) bond motifs is 1. The van der Waals surface area contributed by atoms with E-state index in [0.29, 0.717) is 10.8 Å². The number of ether oxygens (including phenoxy) is 1. The average Bonchev–Trinajstić information content (AvgIpc) is 3.20. The normalized spacial score (nSPS) is 18.2. The van der Waals surface area contributed by atoms with Crippen LogP contribution >= 0.6 is 0 Å². The van der Waals surface area contributed by atoms with Crippen LogP contribution in [0, 0.1) is 5.92 Å². The van der Waals surface area contributed by atoms with Crippen LogP contribution in [0.2, 0.25) is 0 Å². The first-order valence-electron chi connectivity index (χ1n) is 11.3. The molecule has 1 aromatic carbocycles. The van der Waals surface area contributed by atoms with Crippen LogP contribution in [-0.4, -0.2) is 47.8 Å². The lowest BCUT2D eigenvalue weighted by molar-refractivity contribution is -0.0498. The molecule has 186 valence electrons. The van der Waals surface area contributed by atoms with Crippen molar-refractivity contribution in [1.82, 2.24) is 14.2 Å². The highest BCUT2D eigenvalue weighted by atomic mass is 32.2. The Labute approximate surface area is 196 Å². The molecule has 1 N–H and O–H groups in total. The third-order valence-electron chi connectivity index (χ3n) is 6.53. The highest BCUT2D eigenvalue weighted by Gasteiger charge is 2.50. The standard InChI is InChI=1S/C23H28F3N3O4S/c1-2-17-4-3-5-18-12-28(14-20(17)18)13-19-6-7-21(22(30)27-19)33-15-16-8-10-29(11-9-16)34(31,32)23(24,25)26/h3-7,16H,2,8-15H2,1H3,(H,27,30). The molecule has 3 heterocycles. The number of aromatic nitrogens is 1. The van der Waals surface area contributed by atoms with Gasteiger partial charge < -0.3 is 9.72 Å². The van der Waals surface area contributed by atoms with E-state index in [1.807, 2.05) is 0 Å². The van der Waals surface area contributed by atoms with Crippen LogP contribution in [-0.2, 0) is 36.1 Å². The number of pyridine rings is 1. The van der Waals surface area contributed by atoms with Gasteiger partial charge in [-0.25, -0.2) is 8.42 Å². The van der Waals surface area contributed by atoms with Gasteiger partial charge in [-0.05, 0) is 54.0 Å². The largest absolute Gasteiger partial charge is 0.511 e. The Kier molecular flexibility index (Phi) is 7.07. The quantitative estimate of drug-likeness (QED) is 0.632. The van der Waals surface area contributed by atoms with Crippen molar-refractivity contribution in [3.63, 3.8) is 0 Å². The molecule has 34 heavy (non-hydrogen) atoms. The number of nitrogens with zero attached hydrogens (tertiary/aromatic N) is 2. The minimum Gasteiger partial charge on any atom is -0.488 e. The minimum atomic E-state index is -5.30. The number of hydrogen-bond acceptors (Lipinski definition) is 5. The molecule has 0 unspecified atom stereocenters. The molecule has 0 spiro atoms. The van der Waals surface area contributed by atoms with Gasteiger partial charge in [-0.15, -0.1) is 0 Å². The van der Waals surface area contributed by atoms with Crippen molar-refractivity contribution in [2.75, 3.05) is 19.7 Å². The van der Waals surface area contributed by atoms with E-state index in [9.17, 15) is 26.4 Å². The molecule has 7 nitrogen and oxygen atoms in total. The Hall–Kier alpha value is -2.37. The van der Waals surface area contributed by atoms with E-state index in [-0.39, 0.29) is 49.8 Å². The summed E-state index contributed by atoms with van der Waals surface area (Å²) in [6.45, 7) is 4.10. The molecule has 1 fully saturated rings. The van der Waals surface area contributed by atoms with Crippen LogP contribution in [0.15, 0.2) is 35.1 Å². The summed E-state index contributed by atoms with van der Waals surface area (Å²) in [6, 6.07) is 9.78. The smallest absolute Gasteiger partial charge is 0.488 e. The van der Waals surface area contributed by atoms with Crippen molar-refractivity contribution in [3.8, 4) is 5.75 Å². The van der Waals surface area contributed by atoms with Gasteiger partial charge in [-0.2, -0.15) is 17.5 Å². The van der Waals surface area contributed by atoms with E-state index >= 15 is 0 Å². The third kappa shape index (κ3) is 5.16. The van der Waals surface area contributed by atoms with Crippen molar-refractivity contribution in [3.05, 3.63) is 63.1 Å². The van der Waals surface area contributed by atoms with Crippen LogP contribution < -0.4 is 10.3 Å². The van der Waals surface area contributed by atoms with Gasteiger partial charge >= 0.3 is 15.5 Å². The van der Waals surface area contributed by atoms with Gasteiger partial charge in [-0.1, -0.05) is 25.1 Å². The van der Waals surface area contributed by atoms with Gasteiger partial charge in [0.05, 0.1) is 6.61 Å². The number of sulfonamides is 1. The summed E-state index contributed by atoms with van der Waals surface area (Å²) in [5.74, 6) is 0.0155. The van der Waals surface area contributed by atoms with Gasteiger partial charge in [0.1, 0.15) is 0 Å². The number of piperidine rings is 1. The fourth-order valence-electron chi connectivity index (χ4n) is 4.62. The average molecular weight is 500 g/mol. The second-order valence-corrected chi connectivity index (χ2v) is 10.8. The molecule has 0 aliphatic carbocycles. The van der Waals surface area contributed by atoms with Gasteiger partial charge in [0.15, 0.2) is 5.75 Å². The van der Waals surface area contributed by atoms with Crippen LogP contribution in [0.1, 0.15) is 42.1 Å². The highest BCUT2D eigenvalue weighted by Crippen LogP contribution is 2.31. The van der Waals surface area contributed by atoms with E-state index in [1.54, 1.807) is 12.1 Å². The number of alkyl halides is 3. The fourth-order valence-corrected chi connectivity index (χ4v) is 5.60. The molecule has 0 atom stereocenters. The Morgan fingerprint density at radius 2 is 1.85 bits per heavy atom. The number of H-pyrrole nitrogens is 1. The maximum Gasteiger partial charge on any atom is 0.511 e. The molecule has 1 saturated heterocycles. The maximum absolute atomic E-state index is 12.7. The van der Waals surface area contributed by atoms with Crippen molar-refractivity contribution in [2.24, 2.45) is 5.92 Å². The van der Waals surface area contributed by atoms with Crippen molar-refractivity contribution >= 4 is 10.0 Å². The molecule has 0 amide bonds. The zero-order chi connectivity index (χ0) is 24.5. The van der Waals surface area contributed by atoms with Crippen molar-refractivity contribution in [1.29, 1.82) is 0 Å². The summed E-state index contributed by atoms with van der Waals surface area (Å²) >= 11 is 0. The first-order valence-corrected chi connectivity index (χ1v) is 12.8. The van der Waals surface area contributed by atoms with Gasteiger partial charge in [0.25, 0.3) is 5.56 Å². The molecule has 0 radical (unpaired) electrons. The second kappa shape index (κ2) is 9.71. The van der Waals surface area contributed by atoms with Crippen LogP contribution in [0.5, 0.6) is 5.75 Å². The summed E-state index contributed by atoms with van der Waals surface area (Å²) in [5.41, 5.74) is -0.854. The number of hydrogen-bond donors (Lipinski definition) is 1. The number of aromatic amines is 1. The molecular formula is C23H28F3N3O4S. The Balaban J connectivity index is 1.29. The van der Waals surface area contributed by atoms with Crippen LogP contribution in [0.3, 0.4) is 0 Å². The van der Waals surface area contributed by atoms with Crippen LogP contribution in [0.4, 0.5) is 13.2 Å². The zero-order valence-corrected chi connectivity index (χ0v) is 19.7. The summed E-state index contributed by atoms with van der Waals surface area (Å²) in [5, 5.41) is 0. The molecule has 0 bridgehead atoms. The van der Waals surface area contributed by atoms with E-state index in [0.717, 1.165) is 25.2 Å². The monoisotopic (exact) mass is 499 g/mol. The van der Waals surface area contributed by atoms with Crippen molar-refractivity contribution in [2.45, 2.75) is 51.3 Å². The van der Waals surface area contributed by atoms with E-state index in [4.69, 9.17) is 4.74 Å². The van der Waals surface area contributed by atoms with Crippen molar-refractivity contribution < 1.29 is 26.3 Å². The van der Waals surface area contributed by atoms with Gasteiger partial charge in [0, 0.05) is 38.4 Å². The third-order valence-corrected chi connectivity index (χ3v) is 8.16. The van der Waals surface area contributed by atoms with E-state index < -0.39 is 15.5 Å². The highest BCUT2D eigenvalue weighted by molar-refractivity contribution is 7.90. The first-order chi connectivity index (χ1) is 16.1.